The van der Waals surface area contributed by atoms with Gasteiger partial charge in [-0.05, 0) is 63.4 Å². The van der Waals surface area contributed by atoms with Crippen LogP contribution >= 0.6 is 0 Å². The first-order valence-corrected chi connectivity index (χ1v) is 15.1. The van der Waals surface area contributed by atoms with Crippen molar-refractivity contribution in [2.75, 3.05) is 52.0 Å². The van der Waals surface area contributed by atoms with Crippen LogP contribution in [-0.4, -0.2) is 91.6 Å². The quantitative estimate of drug-likeness (QED) is 0.237. The molecule has 2 N–H and O–H groups in total. The smallest absolute Gasteiger partial charge is 0.335 e. The van der Waals surface area contributed by atoms with Crippen LogP contribution in [0.5, 0.6) is 11.5 Å². The van der Waals surface area contributed by atoms with Crippen LogP contribution in [0, 0.1) is 17.2 Å². The average molecular weight is 608 g/mol. The Morgan fingerprint density at radius 3 is 2.38 bits per heavy atom. The lowest BCUT2D eigenvalue weighted by atomic mass is 9.95. The molecule has 0 radical (unpaired) electrons. The Kier molecular flexibility index (Phi) is 8.14. The number of carbonyl (C=O) groups is 1. The Labute approximate surface area is 261 Å². The van der Waals surface area contributed by atoms with Crippen molar-refractivity contribution >= 4 is 22.9 Å². The van der Waals surface area contributed by atoms with E-state index in [0.29, 0.717) is 48.0 Å². The molecule has 2 aromatic heterocycles. The summed E-state index contributed by atoms with van der Waals surface area (Å²) in [5, 5.41) is 9.88. The number of nitriles is 1. The molecule has 45 heavy (non-hydrogen) atoms. The first kappa shape index (κ1) is 30.1. The maximum Gasteiger partial charge on any atom is 0.335 e. The lowest BCUT2D eigenvalue weighted by Crippen LogP contribution is -2.54. The van der Waals surface area contributed by atoms with E-state index in [2.05, 4.69) is 32.9 Å². The fourth-order valence-corrected chi connectivity index (χ4v) is 6.04. The third-order valence-electron chi connectivity index (χ3n) is 8.66. The number of hydrogen-bond acceptors (Lipinski definition) is 9. The number of amides is 1. The number of piperazine rings is 1. The van der Waals surface area contributed by atoms with Gasteiger partial charge in [-0.15, -0.1) is 0 Å². The minimum Gasteiger partial charge on any atom is -0.457 e. The summed E-state index contributed by atoms with van der Waals surface area (Å²) in [4.78, 5) is 41.9. The molecule has 2 aliphatic rings. The largest absolute Gasteiger partial charge is 0.457 e. The van der Waals surface area contributed by atoms with Gasteiger partial charge in [-0.2, -0.15) is 5.26 Å². The number of likely N-dealkylation sites (tertiary alicyclic amines) is 1. The molecule has 0 unspecified atom stereocenters. The van der Waals surface area contributed by atoms with Gasteiger partial charge in [0, 0.05) is 57.3 Å². The summed E-state index contributed by atoms with van der Waals surface area (Å²) < 4.78 is 9.00. The number of ether oxygens (including phenoxy) is 1. The zero-order chi connectivity index (χ0) is 31.7. The molecule has 6 rings (SSSR count). The standard InChI is InChI=1S/C33H37N9O3/c1-33(2,40-15-13-38(3)14-16-40)17-24(18-34)31(43)39-19-23(20-39)21-41-30-28(29(35)36-22-37-30)42(32(41)44)25-9-11-27(12-10-25)45-26-7-5-4-6-8-26/h4-12,17,22-23H,13-16,19-21H2,1-3H3,(H2,35,36,37)/b24-17-. The number of nitrogens with two attached hydrogens (primary N) is 1. The van der Waals surface area contributed by atoms with Crippen LogP contribution in [0.1, 0.15) is 13.8 Å². The van der Waals surface area contributed by atoms with Crippen molar-refractivity contribution in [3.8, 4) is 23.3 Å². The second-order valence-electron chi connectivity index (χ2n) is 12.3. The van der Waals surface area contributed by atoms with Gasteiger partial charge in [0.05, 0.1) is 5.69 Å². The fraction of sp³-hybridized carbons (Fsp3) is 0.364. The lowest BCUT2D eigenvalue weighted by Gasteiger charge is -2.42. The van der Waals surface area contributed by atoms with Crippen molar-refractivity contribution < 1.29 is 9.53 Å². The van der Waals surface area contributed by atoms with Gasteiger partial charge in [0.2, 0.25) is 0 Å². The van der Waals surface area contributed by atoms with Gasteiger partial charge in [-0.1, -0.05) is 18.2 Å². The molecule has 2 fully saturated rings. The van der Waals surface area contributed by atoms with Gasteiger partial charge in [-0.3, -0.25) is 18.8 Å². The molecule has 2 aliphatic heterocycles. The highest BCUT2D eigenvalue weighted by Crippen LogP contribution is 2.27. The van der Waals surface area contributed by atoms with Crippen molar-refractivity contribution in [1.29, 1.82) is 5.26 Å². The van der Waals surface area contributed by atoms with E-state index in [1.807, 2.05) is 44.2 Å². The van der Waals surface area contributed by atoms with E-state index in [9.17, 15) is 14.9 Å². The predicted octanol–water partition coefficient (Wildman–Crippen LogP) is 2.89. The summed E-state index contributed by atoms with van der Waals surface area (Å²) in [6.07, 6.45) is 3.14. The number of likely N-dealkylation sites (N-methyl/N-ethyl adjacent to an activating group) is 1. The number of rotatable bonds is 8. The summed E-state index contributed by atoms with van der Waals surface area (Å²) in [7, 11) is 2.10. The Balaban J connectivity index is 1.18. The van der Waals surface area contributed by atoms with Gasteiger partial charge in [-0.25, -0.2) is 14.8 Å². The average Bonchev–Trinajstić information content (AvgIpc) is 3.30. The number of hydrogen-bond donors (Lipinski definition) is 1. The van der Waals surface area contributed by atoms with E-state index in [4.69, 9.17) is 10.5 Å². The predicted molar refractivity (Wildman–Crippen MR) is 171 cm³/mol. The van der Waals surface area contributed by atoms with Gasteiger partial charge in [0.25, 0.3) is 5.91 Å². The Morgan fingerprint density at radius 1 is 1.04 bits per heavy atom. The Morgan fingerprint density at radius 2 is 1.71 bits per heavy atom. The SMILES string of the molecule is CN1CCN(C(C)(C)/C=C(/C#N)C(=O)N2CC(Cn3c(=O)n(-c4ccc(Oc5ccccc5)cc4)c4c(N)ncnc43)C2)CC1. The summed E-state index contributed by atoms with van der Waals surface area (Å²) in [5.74, 6) is 1.26. The third-order valence-corrected chi connectivity index (χ3v) is 8.66. The van der Waals surface area contributed by atoms with Crippen LogP contribution < -0.4 is 16.2 Å². The first-order chi connectivity index (χ1) is 21.6. The van der Waals surface area contributed by atoms with Crippen molar-refractivity contribution in [2.45, 2.75) is 25.9 Å². The molecule has 12 heteroatoms. The molecule has 0 spiro atoms. The monoisotopic (exact) mass is 607 g/mol. The molecule has 0 aliphatic carbocycles. The van der Waals surface area contributed by atoms with E-state index in [1.165, 1.54) is 10.9 Å². The summed E-state index contributed by atoms with van der Waals surface area (Å²) in [6.45, 7) is 8.93. The highest BCUT2D eigenvalue weighted by atomic mass is 16.5. The fourth-order valence-electron chi connectivity index (χ4n) is 6.04. The normalized spacial score (nSPS) is 16.8. The molecule has 2 saturated heterocycles. The number of anilines is 1. The second kappa shape index (κ2) is 12.2. The van der Waals surface area contributed by atoms with E-state index >= 15 is 0 Å². The summed E-state index contributed by atoms with van der Waals surface area (Å²) in [6, 6.07) is 18.7. The van der Waals surface area contributed by atoms with Crippen molar-refractivity contribution in [2.24, 2.45) is 5.92 Å². The van der Waals surface area contributed by atoms with Crippen LogP contribution in [-0.2, 0) is 11.3 Å². The van der Waals surface area contributed by atoms with Gasteiger partial charge in [0.1, 0.15) is 35.0 Å². The molecular weight excluding hydrogens is 570 g/mol. The molecule has 232 valence electrons. The molecule has 0 bridgehead atoms. The zero-order valence-corrected chi connectivity index (χ0v) is 25.8. The van der Waals surface area contributed by atoms with Gasteiger partial charge in [0.15, 0.2) is 11.5 Å². The number of nitrogen functional groups attached to an aromatic ring is 1. The number of aromatic nitrogens is 4. The van der Waals surface area contributed by atoms with Crippen molar-refractivity contribution in [1.82, 2.24) is 33.8 Å². The first-order valence-electron chi connectivity index (χ1n) is 15.1. The molecule has 2 aromatic carbocycles. The van der Waals surface area contributed by atoms with Crippen molar-refractivity contribution in [3.63, 3.8) is 0 Å². The minimum absolute atomic E-state index is 0.00845. The van der Waals surface area contributed by atoms with Gasteiger partial charge < -0.3 is 20.3 Å². The summed E-state index contributed by atoms with van der Waals surface area (Å²) >= 11 is 0. The third kappa shape index (κ3) is 6.05. The van der Waals surface area contributed by atoms with Gasteiger partial charge >= 0.3 is 5.69 Å². The molecule has 4 heterocycles. The van der Waals surface area contributed by atoms with E-state index < -0.39 is 5.54 Å². The molecule has 4 aromatic rings. The van der Waals surface area contributed by atoms with Crippen LogP contribution in [0.15, 0.2) is 77.4 Å². The maximum absolute atomic E-state index is 13.8. The van der Waals surface area contributed by atoms with E-state index in [-0.39, 0.29) is 28.9 Å². The second-order valence-corrected chi connectivity index (χ2v) is 12.3. The van der Waals surface area contributed by atoms with Crippen molar-refractivity contribution in [3.05, 3.63) is 83.1 Å². The number of benzene rings is 2. The number of para-hydroxylation sites is 1. The van der Waals surface area contributed by atoms with Crippen LogP contribution in [0.25, 0.3) is 16.9 Å². The number of nitrogens with zero attached hydrogens (tertiary/aromatic N) is 8. The van der Waals surface area contributed by atoms with E-state index in [1.54, 1.807) is 39.8 Å². The van der Waals surface area contributed by atoms with Crippen LogP contribution in [0.2, 0.25) is 0 Å². The maximum atomic E-state index is 13.8. The van der Waals surface area contributed by atoms with Crippen LogP contribution in [0.3, 0.4) is 0 Å². The summed E-state index contributed by atoms with van der Waals surface area (Å²) in [5.41, 5.74) is 7.13. The minimum atomic E-state index is -0.424. The topological polar surface area (TPSA) is 139 Å². The number of fused-ring (bicyclic) bond motifs is 1. The highest BCUT2D eigenvalue weighted by Gasteiger charge is 2.36. The molecule has 12 nitrogen and oxygen atoms in total. The Bertz CT molecular complexity index is 1820. The number of carbonyl (C=O) groups excluding carboxylic acids is 1. The molecule has 1 amide bonds. The molecular formula is C33H37N9O3. The van der Waals surface area contributed by atoms with Crippen LogP contribution in [0.4, 0.5) is 5.82 Å². The zero-order valence-electron chi connectivity index (χ0n) is 25.8. The number of imidazole rings is 1. The lowest BCUT2D eigenvalue weighted by molar-refractivity contribution is -0.133. The Hall–Kier alpha value is -4.99. The molecule has 0 saturated carbocycles. The highest BCUT2D eigenvalue weighted by molar-refractivity contribution is 5.98. The van der Waals surface area contributed by atoms with E-state index in [0.717, 1.165) is 26.2 Å². The molecule has 0 atom stereocenters.